The summed E-state index contributed by atoms with van der Waals surface area (Å²) < 4.78 is 2.12. The number of hydrogen-bond acceptors (Lipinski definition) is 1. The molecule has 1 aromatic rings. The van der Waals surface area contributed by atoms with Gasteiger partial charge in [0.1, 0.15) is 5.82 Å². The third-order valence-corrected chi connectivity index (χ3v) is 1.85. The topological polar surface area (TPSA) is 17.8 Å². The molecular weight excluding hydrogens is 192 g/mol. The van der Waals surface area contributed by atoms with E-state index in [4.69, 9.17) is 0 Å². The predicted molar refractivity (Wildman–Crippen MR) is 45.2 cm³/mol. The molecule has 0 spiro atoms. The normalized spacial score (nSPS) is 13.5. The lowest BCUT2D eigenvalue weighted by Crippen LogP contribution is -2.00. The third-order valence-electron chi connectivity index (χ3n) is 1.44. The van der Waals surface area contributed by atoms with Gasteiger partial charge in [-0.2, -0.15) is 0 Å². The highest BCUT2D eigenvalue weighted by atomic mass is 79.9. The Bertz CT molecular complexity index is 205. The second-order valence-electron chi connectivity index (χ2n) is 2.19. The van der Waals surface area contributed by atoms with E-state index in [2.05, 4.69) is 39.3 Å². The molecule has 10 heavy (non-hydrogen) atoms. The van der Waals surface area contributed by atoms with Crippen LogP contribution >= 0.6 is 15.9 Å². The maximum absolute atomic E-state index is 4.20. The van der Waals surface area contributed by atoms with Gasteiger partial charge in [0, 0.05) is 18.9 Å². The molecule has 3 heteroatoms. The molecule has 1 aromatic heterocycles. The number of rotatable bonds is 2. The van der Waals surface area contributed by atoms with Crippen molar-refractivity contribution in [3.8, 4) is 0 Å². The molecule has 0 amide bonds. The second-order valence-corrected chi connectivity index (χ2v) is 3.56. The van der Waals surface area contributed by atoms with Crippen molar-refractivity contribution in [1.82, 2.24) is 9.55 Å². The molecule has 0 aliphatic heterocycles. The lowest BCUT2D eigenvalue weighted by atomic mass is 10.4. The first-order chi connectivity index (χ1) is 4.75. The highest BCUT2D eigenvalue weighted by Gasteiger charge is 2.05. The fourth-order valence-corrected chi connectivity index (χ4v) is 1.32. The molecule has 2 nitrogen and oxygen atoms in total. The minimum absolute atomic E-state index is 0.349. The number of aryl methyl sites for hydroxylation is 1. The monoisotopic (exact) mass is 202 g/mol. The van der Waals surface area contributed by atoms with E-state index in [1.807, 2.05) is 12.4 Å². The van der Waals surface area contributed by atoms with E-state index in [9.17, 15) is 0 Å². The largest absolute Gasteiger partial charge is 0.334 e. The molecule has 1 rings (SSSR count). The summed E-state index contributed by atoms with van der Waals surface area (Å²) in [6.45, 7) is 5.18. The summed E-state index contributed by atoms with van der Waals surface area (Å²) in [6, 6.07) is 0. The highest BCUT2D eigenvalue weighted by molar-refractivity contribution is 9.09. The summed E-state index contributed by atoms with van der Waals surface area (Å²) in [5.41, 5.74) is 0. The van der Waals surface area contributed by atoms with E-state index in [0.717, 1.165) is 12.4 Å². The number of alkyl halides is 1. The van der Waals surface area contributed by atoms with Crippen molar-refractivity contribution in [2.45, 2.75) is 25.2 Å². The van der Waals surface area contributed by atoms with Crippen LogP contribution in [0.2, 0.25) is 0 Å². The first-order valence-electron chi connectivity index (χ1n) is 3.40. The molecule has 0 bridgehead atoms. The van der Waals surface area contributed by atoms with Crippen molar-refractivity contribution in [1.29, 1.82) is 0 Å². The second kappa shape index (κ2) is 3.19. The van der Waals surface area contributed by atoms with Gasteiger partial charge in [-0.3, -0.25) is 0 Å². The van der Waals surface area contributed by atoms with Crippen LogP contribution in [0.5, 0.6) is 0 Å². The van der Waals surface area contributed by atoms with E-state index < -0.39 is 0 Å². The number of halogens is 1. The van der Waals surface area contributed by atoms with Crippen LogP contribution < -0.4 is 0 Å². The maximum Gasteiger partial charge on any atom is 0.122 e. The lowest BCUT2D eigenvalue weighted by Gasteiger charge is -2.04. The zero-order valence-electron chi connectivity index (χ0n) is 6.21. The molecule has 56 valence electrons. The fraction of sp³-hybridized carbons (Fsp3) is 0.571. The maximum atomic E-state index is 4.20. The Kier molecular flexibility index (Phi) is 2.49. The summed E-state index contributed by atoms with van der Waals surface area (Å²) in [4.78, 5) is 4.55. The van der Waals surface area contributed by atoms with Crippen molar-refractivity contribution in [3.63, 3.8) is 0 Å². The van der Waals surface area contributed by atoms with E-state index in [0.29, 0.717) is 4.83 Å². The summed E-state index contributed by atoms with van der Waals surface area (Å²) in [7, 11) is 0. The molecule has 0 saturated carbocycles. The van der Waals surface area contributed by atoms with Crippen LogP contribution in [0.25, 0.3) is 0 Å². The van der Waals surface area contributed by atoms with Gasteiger partial charge in [0.2, 0.25) is 0 Å². The molecular formula is C7H11BrN2. The van der Waals surface area contributed by atoms with Crippen LogP contribution in [-0.2, 0) is 6.54 Å². The summed E-state index contributed by atoms with van der Waals surface area (Å²) in [6.07, 6.45) is 3.82. The molecule has 0 N–H and O–H groups in total. The highest BCUT2D eigenvalue weighted by Crippen LogP contribution is 2.18. The van der Waals surface area contributed by atoms with Gasteiger partial charge >= 0.3 is 0 Å². The van der Waals surface area contributed by atoms with Crippen LogP contribution in [0.3, 0.4) is 0 Å². The number of nitrogens with zero attached hydrogens (tertiary/aromatic N) is 2. The quantitative estimate of drug-likeness (QED) is 0.674. The minimum Gasteiger partial charge on any atom is -0.334 e. The van der Waals surface area contributed by atoms with Crippen LogP contribution in [0.15, 0.2) is 12.4 Å². The Morgan fingerprint density at radius 3 is 2.90 bits per heavy atom. The number of aromatic nitrogens is 2. The Morgan fingerprint density at radius 2 is 2.50 bits per heavy atom. The first kappa shape index (κ1) is 7.79. The Hall–Kier alpha value is -0.310. The average Bonchev–Trinajstić information content (AvgIpc) is 2.33. The fourth-order valence-electron chi connectivity index (χ4n) is 0.939. The van der Waals surface area contributed by atoms with E-state index in [1.165, 1.54) is 0 Å². The van der Waals surface area contributed by atoms with E-state index in [1.54, 1.807) is 0 Å². The molecule has 0 aromatic carbocycles. The Balaban J connectivity index is 2.90. The van der Waals surface area contributed by atoms with Gasteiger partial charge in [-0.15, -0.1) is 0 Å². The van der Waals surface area contributed by atoms with Gasteiger partial charge in [-0.05, 0) is 13.8 Å². The molecule has 0 radical (unpaired) electrons. The Morgan fingerprint density at radius 1 is 1.80 bits per heavy atom. The molecule has 0 aliphatic carbocycles. The average molecular weight is 203 g/mol. The molecule has 1 atom stereocenters. The van der Waals surface area contributed by atoms with Crippen LogP contribution in [0.1, 0.15) is 24.5 Å². The van der Waals surface area contributed by atoms with E-state index in [-0.39, 0.29) is 0 Å². The predicted octanol–water partition coefficient (Wildman–Crippen LogP) is 2.36. The standard InChI is InChI=1S/C7H11BrN2/c1-3-10-5-4-9-7(10)6(2)8/h4-6H,3H2,1-2H3/t6-/m0/s1. The van der Waals surface area contributed by atoms with Gasteiger partial charge in [-0.1, -0.05) is 15.9 Å². The van der Waals surface area contributed by atoms with Gasteiger partial charge < -0.3 is 4.57 Å². The lowest BCUT2D eigenvalue weighted by molar-refractivity contribution is 0.703. The summed E-state index contributed by atoms with van der Waals surface area (Å²) in [5.74, 6) is 1.10. The van der Waals surface area contributed by atoms with Gasteiger partial charge in [-0.25, -0.2) is 4.98 Å². The zero-order valence-corrected chi connectivity index (χ0v) is 7.80. The zero-order chi connectivity index (χ0) is 7.56. The van der Waals surface area contributed by atoms with Crippen molar-refractivity contribution in [2.75, 3.05) is 0 Å². The van der Waals surface area contributed by atoms with Gasteiger partial charge in [0.05, 0.1) is 4.83 Å². The summed E-state index contributed by atoms with van der Waals surface area (Å²) in [5, 5.41) is 0. The SMILES string of the molecule is CCn1ccnc1[C@H](C)Br. The smallest absolute Gasteiger partial charge is 0.122 e. The Labute approximate surface area is 69.4 Å². The minimum atomic E-state index is 0.349. The van der Waals surface area contributed by atoms with Crippen molar-refractivity contribution >= 4 is 15.9 Å². The van der Waals surface area contributed by atoms with E-state index >= 15 is 0 Å². The van der Waals surface area contributed by atoms with Crippen molar-refractivity contribution in [3.05, 3.63) is 18.2 Å². The number of imidazole rings is 1. The van der Waals surface area contributed by atoms with Crippen LogP contribution in [-0.4, -0.2) is 9.55 Å². The van der Waals surface area contributed by atoms with Crippen molar-refractivity contribution in [2.24, 2.45) is 0 Å². The number of hydrogen-bond donors (Lipinski definition) is 0. The van der Waals surface area contributed by atoms with Gasteiger partial charge in [0.15, 0.2) is 0 Å². The molecule has 0 aliphatic rings. The molecule has 0 unspecified atom stereocenters. The third kappa shape index (κ3) is 1.40. The first-order valence-corrected chi connectivity index (χ1v) is 4.32. The van der Waals surface area contributed by atoms with Crippen LogP contribution in [0, 0.1) is 0 Å². The van der Waals surface area contributed by atoms with Gasteiger partial charge in [0.25, 0.3) is 0 Å². The molecule has 0 saturated heterocycles. The van der Waals surface area contributed by atoms with Crippen molar-refractivity contribution < 1.29 is 0 Å². The summed E-state index contributed by atoms with van der Waals surface area (Å²) >= 11 is 3.47. The molecule has 1 heterocycles. The van der Waals surface area contributed by atoms with Crippen LogP contribution in [0.4, 0.5) is 0 Å². The molecule has 0 fully saturated rings.